The number of nitrogens with zero attached hydrogens (tertiary/aromatic N) is 2. The van der Waals surface area contributed by atoms with Gasteiger partial charge in [0.25, 0.3) is 0 Å². The Morgan fingerprint density at radius 2 is 1.89 bits per heavy atom. The summed E-state index contributed by atoms with van der Waals surface area (Å²) in [6, 6.07) is 15.4. The third kappa shape index (κ3) is 5.59. The first-order chi connectivity index (χ1) is 16.9. The molecule has 0 bridgehead atoms. The molecule has 2 N–H and O–H groups in total. The van der Waals surface area contributed by atoms with E-state index in [2.05, 4.69) is 26.1 Å². The molecule has 0 fully saturated rings. The molecule has 0 saturated heterocycles. The number of halogens is 2. The van der Waals surface area contributed by atoms with Crippen LogP contribution in [0.3, 0.4) is 0 Å². The average molecular weight is 595 g/mol. The van der Waals surface area contributed by atoms with E-state index in [4.69, 9.17) is 9.66 Å². The van der Waals surface area contributed by atoms with Gasteiger partial charge in [-0.2, -0.15) is 0 Å². The second kappa shape index (κ2) is 10.1. The number of pyridine rings is 1. The largest absolute Gasteiger partial charge is 0.356 e. The van der Waals surface area contributed by atoms with Crippen molar-refractivity contribution in [2.45, 2.75) is 42.4 Å². The fourth-order valence-corrected chi connectivity index (χ4v) is 5.49. The molecule has 0 aliphatic carbocycles. The summed E-state index contributed by atoms with van der Waals surface area (Å²) < 4.78 is 56.9. The highest BCUT2D eigenvalue weighted by Gasteiger charge is 2.32. The predicted octanol–water partition coefficient (Wildman–Crippen LogP) is 5.31. The molecule has 2 heterocycles. The van der Waals surface area contributed by atoms with Crippen LogP contribution in [0, 0.1) is 5.82 Å². The molecule has 0 saturated carbocycles. The average Bonchev–Trinajstić information content (AvgIpc) is 3.21. The number of hydrogen-bond acceptors (Lipinski definition) is 6. The molecule has 2 aromatic carbocycles. The molecule has 4 rings (SSSR count). The lowest BCUT2D eigenvalue weighted by atomic mass is 9.83. The van der Waals surface area contributed by atoms with E-state index in [9.17, 15) is 17.0 Å². The van der Waals surface area contributed by atoms with Crippen molar-refractivity contribution < 1.29 is 21.5 Å². The zero-order chi connectivity index (χ0) is 26.3. The minimum Gasteiger partial charge on any atom is -0.356 e. The van der Waals surface area contributed by atoms with Crippen LogP contribution in [0.5, 0.6) is 0 Å². The Balaban J connectivity index is 1.87. The monoisotopic (exact) mass is 593 g/mol. The summed E-state index contributed by atoms with van der Waals surface area (Å²) in [7, 11) is -5.30. The summed E-state index contributed by atoms with van der Waals surface area (Å²) in [6.45, 7) is 3.55. The van der Waals surface area contributed by atoms with Crippen LogP contribution in [0.15, 0.2) is 68.6 Å². The molecule has 0 amide bonds. The van der Waals surface area contributed by atoms with Gasteiger partial charge in [-0.25, -0.2) is 22.0 Å². The fourth-order valence-electron chi connectivity index (χ4n) is 4.19. The Hall–Kier alpha value is -2.47. The highest BCUT2D eigenvalue weighted by molar-refractivity contribution is 9.10. The summed E-state index contributed by atoms with van der Waals surface area (Å²) >= 11 is 3.43. The second-order valence-electron chi connectivity index (χ2n) is 9.27. The van der Waals surface area contributed by atoms with Gasteiger partial charge in [-0.3, -0.25) is 5.14 Å². The molecule has 36 heavy (non-hydrogen) atoms. The third-order valence-electron chi connectivity index (χ3n) is 6.09. The maximum absolute atomic E-state index is 14.9. The Kier molecular flexibility index (Phi) is 7.47. The highest BCUT2D eigenvalue weighted by Crippen LogP contribution is 2.39. The Bertz CT molecular complexity index is 1570. The van der Waals surface area contributed by atoms with Gasteiger partial charge in [0.1, 0.15) is 11.5 Å². The van der Waals surface area contributed by atoms with E-state index in [0.717, 1.165) is 39.4 Å². The summed E-state index contributed by atoms with van der Waals surface area (Å²) in [5.74, 6) is -1.03. The van der Waals surface area contributed by atoms with Gasteiger partial charge in [0.05, 0.1) is 21.4 Å². The van der Waals surface area contributed by atoms with Gasteiger partial charge in [0.15, 0.2) is 20.4 Å². The lowest BCUT2D eigenvalue weighted by Crippen LogP contribution is -2.34. The van der Waals surface area contributed by atoms with E-state index in [-0.39, 0.29) is 17.1 Å². The van der Waals surface area contributed by atoms with E-state index >= 15 is 0 Å². The smallest absolute Gasteiger partial charge is 0.192 e. The maximum atomic E-state index is 14.9. The Morgan fingerprint density at radius 1 is 1.17 bits per heavy atom. The topological polar surface area (TPSA) is 116 Å². The van der Waals surface area contributed by atoms with Crippen LogP contribution >= 0.6 is 15.9 Å². The molecule has 0 radical (unpaired) electrons. The van der Waals surface area contributed by atoms with Crippen molar-refractivity contribution in [2.75, 3.05) is 6.26 Å². The van der Waals surface area contributed by atoms with Crippen molar-refractivity contribution in [1.29, 1.82) is 0 Å². The lowest BCUT2D eigenvalue weighted by Gasteiger charge is -2.29. The summed E-state index contributed by atoms with van der Waals surface area (Å²) in [6.07, 6.45) is 1.41. The lowest BCUT2D eigenvalue weighted by molar-refractivity contribution is 0.458. The Morgan fingerprint density at radius 3 is 2.58 bits per heavy atom. The van der Waals surface area contributed by atoms with Gasteiger partial charge in [-0.1, -0.05) is 45.4 Å². The standard InChI is InChI=1S/C25H25BrFN3O4S2/c1-25(2,35(28)31)14-15(12-21-20(27)10-11-23(29-21)36(3,32)33)17-6-4-5-7-18(17)24-19-9-8-16(26)13-22(19)34-30-24/h4-11,13,15H,12,14,28H2,1-3H3/t15-,35?/m0/s1. The van der Waals surface area contributed by atoms with Crippen molar-refractivity contribution in [3.63, 3.8) is 0 Å². The van der Waals surface area contributed by atoms with Crippen LogP contribution in [0.2, 0.25) is 0 Å². The number of nitrogens with two attached hydrogens (primary N) is 1. The van der Waals surface area contributed by atoms with Crippen LogP contribution < -0.4 is 5.14 Å². The second-order valence-corrected chi connectivity index (χ2v) is 13.8. The molecule has 0 aliphatic rings. The highest BCUT2D eigenvalue weighted by atomic mass is 79.9. The van der Waals surface area contributed by atoms with Crippen LogP contribution in [0.4, 0.5) is 4.39 Å². The zero-order valence-corrected chi connectivity index (χ0v) is 23.1. The number of aromatic nitrogens is 2. The first-order valence-electron chi connectivity index (χ1n) is 11.0. The number of fused-ring (bicyclic) bond motifs is 1. The van der Waals surface area contributed by atoms with Crippen LogP contribution in [-0.2, 0) is 27.2 Å². The van der Waals surface area contributed by atoms with Crippen molar-refractivity contribution in [3.8, 4) is 11.3 Å². The van der Waals surface area contributed by atoms with Crippen molar-refractivity contribution >= 4 is 47.7 Å². The van der Waals surface area contributed by atoms with Crippen molar-refractivity contribution in [1.82, 2.24) is 10.1 Å². The molecule has 0 spiro atoms. The molecule has 4 aromatic rings. The van der Waals surface area contributed by atoms with E-state index in [0.29, 0.717) is 17.7 Å². The molecule has 11 heteroatoms. The number of rotatable bonds is 8. The molecule has 190 valence electrons. The van der Waals surface area contributed by atoms with E-state index in [1.165, 1.54) is 0 Å². The number of hydrogen-bond donors (Lipinski definition) is 1. The normalized spacial score (nSPS) is 14.2. The molecule has 0 aliphatic heterocycles. The Labute approximate surface area is 219 Å². The van der Waals surface area contributed by atoms with Crippen molar-refractivity contribution in [2.24, 2.45) is 5.14 Å². The van der Waals surface area contributed by atoms with Crippen LogP contribution in [-0.4, -0.2) is 33.8 Å². The first kappa shape index (κ1) is 26.6. The van der Waals surface area contributed by atoms with Gasteiger partial charge in [-0.15, -0.1) is 0 Å². The van der Waals surface area contributed by atoms with E-state index < -0.39 is 37.3 Å². The number of benzene rings is 2. The SMILES string of the molecule is CC(C)(C[C@H](Cc1nc(S(C)(=O)=O)ccc1F)c1ccccc1-c1noc2cc(Br)ccc12)S(N)=O. The molecule has 7 nitrogen and oxygen atoms in total. The molecular formula is C25H25BrFN3O4S2. The quantitative estimate of drug-likeness (QED) is 0.296. The predicted molar refractivity (Wildman–Crippen MR) is 142 cm³/mol. The minimum absolute atomic E-state index is 0.00488. The summed E-state index contributed by atoms with van der Waals surface area (Å²) in [4.78, 5) is 4.13. The zero-order valence-electron chi connectivity index (χ0n) is 19.9. The van der Waals surface area contributed by atoms with Crippen LogP contribution in [0.25, 0.3) is 22.2 Å². The van der Waals surface area contributed by atoms with Gasteiger partial charge in [-0.05, 0) is 68.5 Å². The van der Waals surface area contributed by atoms with Gasteiger partial charge < -0.3 is 4.52 Å². The fraction of sp³-hybridized carbons (Fsp3) is 0.280. The molecule has 2 atom stereocenters. The summed E-state index contributed by atoms with van der Waals surface area (Å²) in [5, 5.41) is 10.7. The molecule has 1 unspecified atom stereocenters. The summed E-state index contributed by atoms with van der Waals surface area (Å²) in [5.41, 5.74) is 2.79. The van der Waals surface area contributed by atoms with E-state index in [1.807, 2.05) is 42.5 Å². The maximum Gasteiger partial charge on any atom is 0.192 e. The third-order valence-corrected chi connectivity index (χ3v) is 8.82. The molecule has 2 aromatic heterocycles. The van der Waals surface area contributed by atoms with Crippen molar-refractivity contribution in [3.05, 3.63) is 76.1 Å². The van der Waals surface area contributed by atoms with Crippen LogP contribution in [0.1, 0.15) is 37.4 Å². The van der Waals surface area contributed by atoms with Gasteiger partial charge in [0.2, 0.25) is 0 Å². The molecular weight excluding hydrogens is 569 g/mol. The van der Waals surface area contributed by atoms with Gasteiger partial charge >= 0.3 is 0 Å². The first-order valence-corrected chi connectivity index (χ1v) is 14.9. The minimum atomic E-state index is -3.64. The number of sulfone groups is 1. The van der Waals surface area contributed by atoms with Gasteiger partial charge in [0, 0.05) is 21.7 Å². The van der Waals surface area contributed by atoms with E-state index in [1.54, 1.807) is 13.8 Å².